The van der Waals surface area contributed by atoms with Gasteiger partial charge in [0.2, 0.25) is 0 Å². The Labute approximate surface area is 134 Å². The summed E-state index contributed by atoms with van der Waals surface area (Å²) < 4.78 is 25.0. The Morgan fingerprint density at radius 3 is 1.78 bits per heavy atom. The van der Waals surface area contributed by atoms with Crippen LogP contribution in [0.25, 0.3) is 0 Å². The van der Waals surface area contributed by atoms with Crippen molar-refractivity contribution in [2.24, 2.45) is 9.98 Å². The van der Waals surface area contributed by atoms with Gasteiger partial charge in [-0.2, -0.15) is 0 Å². The molecule has 9 heteroatoms. The number of aliphatic imine (C=N–C) groups is 2. The van der Waals surface area contributed by atoms with Crippen LogP contribution in [0, 0.1) is 0 Å². The lowest BCUT2D eigenvalue weighted by Gasteiger charge is -2.12. The Morgan fingerprint density at radius 2 is 1.39 bits per heavy atom. The van der Waals surface area contributed by atoms with Gasteiger partial charge in [-0.3, -0.25) is 0 Å². The molecule has 0 N–H and O–H groups in total. The first-order valence-electron chi connectivity index (χ1n) is 7.42. The van der Waals surface area contributed by atoms with E-state index in [1.54, 1.807) is 13.8 Å². The normalized spacial score (nSPS) is 20.8. The first-order chi connectivity index (χ1) is 11.2. The van der Waals surface area contributed by atoms with Crippen molar-refractivity contribution in [2.45, 2.75) is 38.9 Å². The maximum Gasteiger partial charge on any atom is 0.436 e. The van der Waals surface area contributed by atoms with Crippen LogP contribution in [0.5, 0.6) is 0 Å². The number of rotatable bonds is 8. The quantitative estimate of drug-likeness (QED) is 0.494. The highest BCUT2D eigenvalue weighted by atomic mass is 16.6. The number of hydrogen-bond donors (Lipinski definition) is 0. The second-order valence-electron chi connectivity index (χ2n) is 4.49. The molecule has 0 unspecified atom stereocenters. The van der Waals surface area contributed by atoms with E-state index in [0.29, 0.717) is 26.1 Å². The Balaban J connectivity index is 2.15. The van der Waals surface area contributed by atoms with Gasteiger partial charge in [0.1, 0.15) is 13.2 Å². The molecule has 0 aliphatic carbocycles. The highest BCUT2D eigenvalue weighted by molar-refractivity contribution is 5.76. The molecule has 1 saturated heterocycles. The van der Waals surface area contributed by atoms with Crippen LogP contribution in [-0.2, 0) is 23.7 Å². The van der Waals surface area contributed by atoms with Gasteiger partial charge in [-0.25, -0.2) is 9.59 Å². The van der Waals surface area contributed by atoms with E-state index < -0.39 is 12.2 Å². The third-order valence-corrected chi connectivity index (χ3v) is 2.78. The van der Waals surface area contributed by atoms with Crippen molar-refractivity contribution >= 4 is 25.0 Å². The van der Waals surface area contributed by atoms with Gasteiger partial charge >= 0.3 is 12.2 Å². The van der Waals surface area contributed by atoms with E-state index in [-0.39, 0.29) is 25.4 Å². The summed E-state index contributed by atoms with van der Waals surface area (Å²) in [5, 5.41) is 0. The Bertz CT molecular complexity index is 387. The number of hydrogen-bond acceptors (Lipinski definition) is 7. The fourth-order valence-corrected chi connectivity index (χ4v) is 1.74. The molecule has 2 atom stereocenters. The lowest BCUT2D eigenvalue weighted by atomic mass is 10.2. The van der Waals surface area contributed by atoms with Crippen molar-refractivity contribution in [1.82, 2.24) is 0 Å². The molecule has 0 radical (unpaired) electrons. The highest BCUT2D eigenvalue weighted by Crippen LogP contribution is 2.20. The molecular weight excluding hydrogens is 308 g/mol. The molecule has 9 nitrogen and oxygen atoms in total. The number of ether oxygens (including phenoxy) is 5. The summed E-state index contributed by atoms with van der Waals surface area (Å²) in [7, 11) is 0. The number of carbonyl (C=O) groups is 2. The van der Waals surface area contributed by atoms with Gasteiger partial charge in [-0.15, -0.1) is 9.98 Å². The third kappa shape index (κ3) is 8.77. The van der Waals surface area contributed by atoms with Crippen LogP contribution >= 0.6 is 0 Å². The predicted molar refractivity (Wildman–Crippen MR) is 80.8 cm³/mol. The van der Waals surface area contributed by atoms with Crippen LogP contribution in [0.2, 0.25) is 0 Å². The second kappa shape index (κ2) is 11.4. The molecule has 2 amide bonds. The largest absolute Gasteiger partial charge is 0.483 e. The highest BCUT2D eigenvalue weighted by Gasteiger charge is 2.27. The van der Waals surface area contributed by atoms with Crippen LogP contribution in [-0.4, -0.2) is 63.6 Å². The summed E-state index contributed by atoms with van der Waals surface area (Å²) >= 11 is 0. The fourth-order valence-electron chi connectivity index (χ4n) is 1.74. The van der Waals surface area contributed by atoms with Crippen LogP contribution in [0.3, 0.4) is 0 Å². The van der Waals surface area contributed by atoms with Crippen LogP contribution in [0.4, 0.5) is 9.59 Å². The van der Waals surface area contributed by atoms with Gasteiger partial charge in [-0.05, 0) is 26.7 Å². The topological polar surface area (TPSA) is 105 Å². The van der Waals surface area contributed by atoms with E-state index in [2.05, 4.69) is 9.98 Å². The standard InChI is InChI=1S/C14H22N2O7/c1-3-19-9-15-13(17)21-7-11-5-6-12(23-11)8-22-14(18)16-10-20-4-2/h9-12H,3-8H2,1-2H3/b15-9+,16-10+/t11-,12-/m0/s1. The number of nitrogens with zero attached hydrogens (tertiary/aromatic N) is 2. The lowest BCUT2D eigenvalue weighted by molar-refractivity contribution is -0.0177. The first kappa shape index (κ1) is 18.9. The second-order valence-corrected chi connectivity index (χ2v) is 4.49. The average molecular weight is 330 g/mol. The molecule has 1 rings (SSSR count). The number of amides is 2. The summed E-state index contributed by atoms with van der Waals surface area (Å²) in [4.78, 5) is 29.3. The molecular formula is C14H22N2O7. The minimum atomic E-state index is -0.734. The molecule has 0 bridgehead atoms. The molecule has 0 aromatic rings. The molecule has 23 heavy (non-hydrogen) atoms. The fraction of sp³-hybridized carbons (Fsp3) is 0.714. The van der Waals surface area contributed by atoms with Gasteiger partial charge in [0.05, 0.1) is 25.4 Å². The lowest BCUT2D eigenvalue weighted by Crippen LogP contribution is -2.22. The van der Waals surface area contributed by atoms with E-state index in [1.165, 1.54) is 0 Å². The summed E-state index contributed by atoms with van der Waals surface area (Å²) in [5.41, 5.74) is 0. The minimum Gasteiger partial charge on any atom is -0.483 e. The van der Waals surface area contributed by atoms with Crippen molar-refractivity contribution in [3.05, 3.63) is 0 Å². The Kier molecular flexibility index (Phi) is 9.37. The van der Waals surface area contributed by atoms with Crippen molar-refractivity contribution in [3.63, 3.8) is 0 Å². The predicted octanol–water partition coefficient (Wildman–Crippen LogP) is 1.94. The van der Waals surface area contributed by atoms with Gasteiger partial charge in [0, 0.05) is 0 Å². The van der Waals surface area contributed by atoms with E-state index in [1.807, 2.05) is 0 Å². The molecule has 0 aromatic heterocycles. The maximum atomic E-state index is 11.2. The summed E-state index contributed by atoms with van der Waals surface area (Å²) in [6, 6.07) is 0. The van der Waals surface area contributed by atoms with Crippen LogP contribution in [0.1, 0.15) is 26.7 Å². The molecule has 1 heterocycles. The first-order valence-corrected chi connectivity index (χ1v) is 7.42. The Morgan fingerprint density at radius 1 is 0.957 bits per heavy atom. The van der Waals surface area contributed by atoms with Crippen molar-refractivity contribution < 1.29 is 33.3 Å². The molecule has 1 aliphatic rings. The average Bonchev–Trinajstić information content (AvgIpc) is 2.99. The maximum absolute atomic E-state index is 11.2. The summed E-state index contributed by atoms with van der Waals surface area (Å²) in [6.45, 7) is 4.59. The molecule has 0 spiro atoms. The molecule has 1 fully saturated rings. The van der Waals surface area contributed by atoms with Gasteiger partial charge < -0.3 is 23.7 Å². The number of carbonyl (C=O) groups excluding carboxylic acids is 2. The minimum absolute atomic E-state index is 0.0925. The zero-order valence-corrected chi connectivity index (χ0v) is 13.3. The molecule has 1 aliphatic heterocycles. The zero-order valence-electron chi connectivity index (χ0n) is 13.3. The van der Waals surface area contributed by atoms with Gasteiger partial charge in [0.25, 0.3) is 0 Å². The van der Waals surface area contributed by atoms with Crippen molar-refractivity contribution in [3.8, 4) is 0 Å². The van der Waals surface area contributed by atoms with Gasteiger partial charge in [-0.1, -0.05) is 0 Å². The summed E-state index contributed by atoms with van der Waals surface area (Å²) in [5.74, 6) is 0. The summed E-state index contributed by atoms with van der Waals surface area (Å²) in [6.07, 6.45) is 1.55. The molecule has 130 valence electrons. The van der Waals surface area contributed by atoms with E-state index in [4.69, 9.17) is 23.7 Å². The molecule has 0 aromatic carbocycles. The van der Waals surface area contributed by atoms with Crippen LogP contribution < -0.4 is 0 Å². The molecule has 0 saturated carbocycles. The SMILES string of the molecule is CCO/C=N/C(=O)OC[C@@H]1CC[C@@H](COC(=O)/N=C/OCC)O1. The van der Waals surface area contributed by atoms with Crippen molar-refractivity contribution in [1.29, 1.82) is 0 Å². The van der Waals surface area contributed by atoms with E-state index in [0.717, 1.165) is 12.8 Å². The van der Waals surface area contributed by atoms with Crippen LogP contribution in [0.15, 0.2) is 9.98 Å². The van der Waals surface area contributed by atoms with Gasteiger partial charge in [0.15, 0.2) is 12.8 Å². The zero-order chi connectivity index (χ0) is 16.9. The van der Waals surface area contributed by atoms with Crippen molar-refractivity contribution in [2.75, 3.05) is 26.4 Å². The van der Waals surface area contributed by atoms with E-state index >= 15 is 0 Å². The third-order valence-electron chi connectivity index (χ3n) is 2.78. The van der Waals surface area contributed by atoms with E-state index in [9.17, 15) is 9.59 Å². The smallest absolute Gasteiger partial charge is 0.436 e. The monoisotopic (exact) mass is 330 g/mol. The Hall–Kier alpha value is -2.16.